The highest BCUT2D eigenvalue weighted by molar-refractivity contribution is 5.96. The van der Waals surface area contributed by atoms with Gasteiger partial charge in [-0.15, -0.1) is 0 Å². The minimum atomic E-state index is -0.190. The van der Waals surface area contributed by atoms with E-state index in [1.807, 2.05) is 36.4 Å². The normalized spacial score (nSPS) is 10.9. The number of fused-ring (bicyclic) bond motifs is 1. The van der Waals surface area contributed by atoms with E-state index in [1.165, 1.54) is 0 Å². The monoisotopic (exact) mass is 443 g/mol. The van der Waals surface area contributed by atoms with Gasteiger partial charge in [-0.2, -0.15) is 0 Å². The lowest BCUT2D eigenvalue weighted by atomic mass is 10.1. The summed E-state index contributed by atoms with van der Waals surface area (Å²) in [6.07, 6.45) is 0.821. The van der Waals surface area contributed by atoms with Gasteiger partial charge >= 0.3 is 0 Å². The Balaban J connectivity index is 1.46. The molecule has 6 heteroatoms. The second kappa shape index (κ2) is 10.2. The van der Waals surface area contributed by atoms with Crippen molar-refractivity contribution >= 4 is 16.9 Å². The Morgan fingerprint density at radius 2 is 1.70 bits per heavy atom. The standard InChI is InChI=1S/C27H29N3O3/c1-19-10-8-11-20(2)26(19)33-17-9-16-30-23-14-6-5-13-22(23)29-25(30)18-28-27(31)21-12-4-7-15-24(21)32-3/h4-8,10-15H,9,16-18H2,1-3H3,(H,28,31). The van der Waals surface area contributed by atoms with Gasteiger partial charge in [0.25, 0.3) is 5.91 Å². The predicted molar refractivity (Wildman–Crippen MR) is 130 cm³/mol. The number of para-hydroxylation sites is 4. The number of imidazole rings is 1. The molecular weight excluding hydrogens is 414 g/mol. The van der Waals surface area contributed by atoms with Crippen LogP contribution in [-0.4, -0.2) is 29.2 Å². The van der Waals surface area contributed by atoms with Crippen molar-refractivity contribution in [3.63, 3.8) is 0 Å². The topological polar surface area (TPSA) is 65.4 Å². The molecule has 1 amide bonds. The molecule has 4 rings (SSSR count). The molecule has 0 bridgehead atoms. The first-order valence-electron chi connectivity index (χ1n) is 11.1. The molecule has 0 saturated carbocycles. The molecule has 0 aliphatic rings. The fraction of sp³-hybridized carbons (Fsp3) is 0.259. The molecule has 0 spiro atoms. The van der Waals surface area contributed by atoms with Gasteiger partial charge in [-0.3, -0.25) is 4.79 Å². The number of nitrogens with one attached hydrogen (secondary N) is 1. The van der Waals surface area contributed by atoms with Crippen molar-refractivity contribution in [3.05, 3.63) is 89.2 Å². The van der Waals surface area contributed by atoms with Gasteiger partial charge in [-0.05, 0) is 55.7 Å². The number of aromatic nitrogens is 2. The van der Waals surface area contributed by atoms with Crippen molar-refractivity contribution in [1.82, 2.24) is 14.9 Å². The van der Waals surface area contributed by atoms with Crippen molar-refractivity contribution in [2.24, 2.45) is 0 Å². The van der Waals surface area contributed by atoms with Crippen molar-refractivity contribution in [1.29, 1.82) is 0 Å². The summed E-state index contributed by atoms with van der Waals surface area (Å²) >= 11 is 0. The lowest BCUT2D eigenvalue weighted by Crippen LogP contribution is -2.25. The quantitative estimate of drug-likeness (QED) is 0.367. The van der Waals surface area contributed by atoms with E-state index in [9.17, 15) is 4.79 Å². The van der Waals surface area contributed by atoms with E-state index in [-0.39, 0.29) is 5.91 Å². The molecule has 0 saturated heterocycles. The Morgan fingerprint density at radius 3 is 2.48 bits per heavy atom. The molecule has 33 heavy (non-hydrogen) atoms. The van der Waals surface area contributed by atoms with Crippen molar-refractivity contribution in [2.75, 3.05) is 13.7 Å². The van der Waals surface area contributed by atoms with Gasteiger partial charge in [0.05, 0.1) is 36.9 Å². The second-order valence-corrected chi connectivity index (χ2v) is 7.97. The summed E-state index contributed by atoms with van der Waals surface area (Å²) in [4.78, 5) is 17.5. The third-order valence-electron chi connectivity index (χ3n) is 5.67. The van der Waals surface area contributed by atoms with Crippen molar-refractivity contribution in [3.8, 4) is 11.5 Å². The zero-order chi connectivity index (χ0) is 23.2. The molecule has 0 radical (unpaired) electrons. The van der Waals surface area contributed by atoms with Gasteiger partial charge in [-0.25, -0.2) is 4.98 Å². The van der Waals surface area contributed by atoms with E-state index in [1.54, 1.807) is 19.2 Å². The van der Waals surface area contributed by atoms with Crippen LogP contribution in [0.3, 0.4) is 0 Å². The highest BCUT2D eigenvalue weighted by atomic mass is 16.5. The maximum absolute atomic E-state index is 12.8. The molecule has 0 aliphatic carbocycles. The molecule has 0 atom stereocenters. The van der Waals surface area contributed by atoms with Crippen molar-refractivity contribution < 1.29 is 14.3 Å². The number of hydrogen-bond donors (Lipinski definition) is 1. The Labute approximate surface area is 194 Å². The lowest BCUT2D eigenvalue weighted by Gasteiger charge is -2.14. The zero-order valence-electron chi connectivity index (χ0n) is 19.3. The minimum absolute atomic E-state index is 0.190. The fourth-order valence-electron chi connectivity index (χ4n) is 4.02. The second-order valence-electron chi connectivity index (χ2n) is 7.97. The van der Waals surface area contributed by atoms with Crippen LogP contribution < -0.4 is 14.8 Å². The summed E-state index contributed by atoms with van der Waals surface area (Å²) in [5.74, 6) is 2.13. The number of ether oxygens (including phenoxy) is 2. The summed E-state index contributed by atoms with van der Waals surface area (Å²) in [7, 11) is 1.56. The Bertz CT molecular complexity index is 1240. The lowest BCUT2D eigenvalue weighted by molar-refractivity contribution is 0.0946. The number of rotatable bonds is 9. The average Bonchev–Trinajstić information content (AvgIpc) is 3.19. The smallest absolute Gasteiger partial charge is 0.255 e. The van der Waals surface area contributed by atoms with Crippen molar-refractivity contribution in [2.45, 2.75) is 33.4 Å². The molecule has 0 aliphatic heterocycles. The van der Waals surface area contributed by atoms with Crippen LogP contribution in [0.2, 0.25) is 0 Å². The van der Waals surface area contributed by atoms with Crippen LogP contribution in [0.5, 0.6) is 11.5 Å². The van der Waals surface area contributed by atoms with Gasteiger partial charge in [-0.1, -0.05) is 42.5 Å². The van der Waals surface area contributed by atoms with E-state index < -0.39 is 0 Å². The SMILES string of the molecule is COc1ccccc1C(=O)NCc1nc2ccccc2n1CCCOc1c(C)cccc1C. The first-order chi connectivity index (χ1) is 16.1. The van der Waals surface area contributed by atoms with Crippen LogP contribution in [0, 0.1) is 13.8 Å². The third kappa shape index (κ3) is 5.00. The zero-order valence-corrected chi connectivity index (χ0v) is 19.3. The van der Waals surface area contributed by atoms with E-state index in [0.29, 0.717) is 24.5 Å². The number of methoxy groups -OCH3 is 1. The minimum Gasteiger partial charge on any atom is -0.496 e. The third-order valence-corrected chi connectivity index (χ3v) is 5.67. The summed E-state index contributed by atoms with van der Waals surface area (Å²) in [5, 5.41) is 2.99. The average molecular weight is 444 g/mol. The molecule has 1 N–H and O–H groups in total. The Kier molecular flexibility index (Phi) is 6.93. The van der Waals surface area contributed by atoms with E-state index in [0.717, 1.165) is 46.7 Å². The summed E-state index contributed by atoms with van der Waals surface area (Å²) in [5.41, 5.74) is 4.75. The van der Waals surface area contributed by atoms with Crippen LogP contribution in [0.4, 0.5) is 0 Å². The van der Waals surface area contributed by atoms with E-state index >= 15 is 0 Å². The number of benzene rings is 3. The van der Waals surface area contributed by atoms with Crippen LogP contribution in [0.1, 0.15) is 33.7 Å². The van der Waals surface area contributed by atoms with Gasteiger partial charge in [0, 0.05) is 6.54 Å². The summed E-state index contributed by atoms with van der Waals surface area (Å²) in [6.45, 7) is 5.79. The van der Waals surface area contributed by atoms with Crippen LogP contribution in [0.15, 0.2) is 66.7 Å². The number of aryl methyl sites for hydroxylation is 3. The van der Waals surface area contributed by atoms with Crippen LogP contribution in [-0.2, 0) is 13.1 Å². The molecular formula is C27H29N3O3. The Hall–Kier alpha value is -3.80. The maximum atomic E-state index is 12.8. The number of carbonyl (C=O) groups is 1. The largest absolute Gasteiger partial charge is 0.496 e. The highest BCUT2D eigenvalue weighted by Crippen LogP contribution is 2.23. The maximum Gasteiger partial charge on any atom is 0.255 e. The highest BCUT2D eigenvalue weighted by Gasteiger charge is 2.15. The number of hydrogen-bond acceptors (Lipinski definition) is 4. The van der Waals surface area contributed by atoms with Gasteiger partial charge in [0.15, 0.2) is 0 Å². The number of nitrogens with zero attached hydrogens (tertiary/aromatic N) is 2. The summed E-state index contributed by atoms with van der Waals surface area (Å²) < 4.78 is 13.6. The fourth-order valence-corrected chi connectivity index (χ4v) is 4.02. The van der Waals surface area contributed by atoms with Gasteiger partial charge in [0.2, 0.25) is 0 Å². The predicted octanol–water partition coefficient (Wildman–Crippen LogP) is 5.06. The molecule has 1 aromatic heterocycles. The first kappa shape index (κ1) is 22.4. The first-order valence-corrected chi connectivity index (χ1v) is 11.1. The molecule has 0 unspecified atom stereocenters. The molecule has 0 fully saturated rings. The number of carbonyl (C=O) groups excluding carboxylic acids is 1. The van der Waals surface area contributed by atoms with Crippen LogP contribution >= 0.6 is 0 Å². The Morgan fingerprint density at radius 1 is 0.970 bits per heavy atom. The molecule has 4 aromatic rings. The van der Waals surface area contributed by atoms with Gasteiger partial charge in [0.1, 0.15) is 17.3 Å². The molecule has 3 aromatic carbocycles. The molecule has 1 heterocycles. The number of amides is 1. The van der Waals surface area contributed by atoms with Crippen LogP contribution in [0.25, 0.3) is 11.0 Å². The van der Waals surface area contributed by atoms with E-state index in [2.05, 4.69) is 41.9 Å². The summed E-state index contributed by atoms with van der Waals surface area (Å²) in [6, 6.07) is 21.4. The molecule has 170 valence electrons. The molecule has 6 nitrogen and oxygen atoms in total. The van der Waals surface area contributed by atoms with E-state index in [4.69, 9.17) is 14.5 Å². The van der Waals surface area contributed by atoms with Gasteiger partial charge < -0.3 is 19.4 Å².